The van der Waals surface area contributed by atoms with Crippen LogP contribution < -0.4 is 10.1 Å². The van der Waals surface area contributed by atoms with E-state index in [2.05, 4.69) is 5.32 Å². The van der Waals surface area contributed by atoms with Crippen molar-refractivity contribution in [2.75, 3.05) is 5.32 Å². The zero-order valence-corrected chi connectivity index (χ0v) is 16.0. The number of anilines is 1. The summed E-state index contributed by atoms with van der Waals surface area (Å²) in [5.74, 6) is -1.24. The number of para-hydroxylation sites is 1. The lowest BCUT2D eigenvalue weighted by Gasteiger charge is -2.13. The van der Waals surface area contributed by atoms with Crippen molar-refractivity contribution >= 4 is 29.7 Å². The van der Waals surface area contributed by atoms with E-state index in [1.165, 1.54) is 18.2 Å². The zero-order chi connectivity index (χ0) is 20.3. The van der Waals surface area contributed by atoms with Gasteiger partial charge in [-0.15, -0.1) is 0 Å². The van der Waals surface area contributed by atoms with Gasteiger partial charge >= 0.3 is 0 Å². The Balaban J connectivity index is 1.92. The van der Waals surface area contributed by atoms with Crippen LogP contribution in [0.15, 0.2) is 54.6 Å². The van der Waals surface area contributed by atoms with Gasteiger partial charge in [0.1, 0.15) is 11.6 Å². The first kappa shape index (κ1) is 19.6. The summed E-state index contributed by atoms with van der Waals surface area (Å²) in [6, 6.07) is 14.8. The van der Waals surface area contributed by atoms with Crippen LogP contribution in [0.3, 0.4) is 0 Å². The van der Waals surface area contributed by atoms with Gasteiger partial charge < -0.3 is 10.1 Å². The number of amides is 1. The van der Waals surface area contributed by atoms with E-state index in [9.17, 15) is 14.0 Å². The Bertz CT molecular complexity index is 1040. The number of aryl methyl sites for hydroxylation is 2. The first-order valence-corrected chi connectivity index (χ1v) is 8.86. The lowest BCUT2D eigenvalue weighted by Crippen LogP contribution is -2.15. The van der Waals surface area contributed by atoms with Crippen LogP contribution in [0.5, 0.6) is 5.75 Å². The van der Waals surface area contributed by atoms with Crippen LogP contribution in [0.4, 0.5) is 10.1 Å². The molecule has 0 aromatic heterocycles. The maximum atomic E-state index is 14.7. The van der Waals surface area contributed by atoms with Crippen LogP contribution in [-0.4, -0.2) is 12.4 Å². The molecule has 0 bridgehead atoms. The molecule has 3 aromatic rings. The Hall–Kier alpha value is -3.18. The summed E-state index contributed by atoms with van der Waals surface area (Å²) < 4.78 is 19.5. The standard InChI is InChI=1S/C22H17ClFNO3/c1-13-7-8-15(9-14(13)2)16-10-18(23)21(19(24)11-16)25-22(27)17-5-3-4-6-20(17)28-12-26/h3-12H,1-2H3,(H,25,27). The fourth-order valence-corrected chi connectivity index (χ4v) is 3.02. The minimum atomic E-state index is -0.664. The van der Waals surface area contributed by atoms with Crippen LogP contribution in [-0.2, 0) is 4.79 Å². The van der Waals surface area contributed by atoms with Crippen molar-refractivity contribution in [1.29, 1.82) is 0 Å². The lowest BCUT2D eigenvalue weighted by atomic mass is 10.00. The molecule has 3 rings (SSSR count). The van der Waals surface area contributed by atoms with E-state index < -0.39 is 11.7 Å². The number of nitrogens with one attached hydrogen (secondary N) is 1. The first-order chi connectivity index (χ1) is 13.4. The quantitative estimate of drug-likeness (QED) is 0.574. The molecule has 3 aromatic carbocycles. The third kappa shape index (κ3) is 4.05. The Morgan fingerprint density at radius 1 is 1.04 bits per heavy atom. The first-order valence-electron chi connectivity index (χ1n) is 8.48. The van der Waals surface area contributed by atoms with E-state index >= 15 is 0 Å². The molecule has 142 valence electrons. The Labute approximate surface area is 166 Å². The van der Waals surface area contributed by atoms with Crippen LogP contribution in [0, 0.1) is 19.7 Å². The number of benzene rings is 3. The molecule has 0 heterocycles. The molecule has 0 saturated heterocycles. The zero-order valence-electron chi connectivity index (χ0n) is 15.3. The Morgan fingerprint density at radius 2 is 1.79 bits per heavy atom. The maximum absolute atomic E-state index is 14.7. The van der Waals surface area contributed by atoms with E-state index in [4.69, 9.17) is 16.3 Å². The van der Waals surface area contributed by atoms with Crippen molar-refractivity contribution in [2.45, 2.75) is 13.8 Å². The molecule has 0 aliphatic heterocycles. The van der Waals surface area contributed by atoms with Crippen molar-refractivity contribution < 1.29 is 18.7 Å². The highest BCUT2D eigenvalue weighted by atomic mass is 35.5. The van der Waals surface area contributed by atoms with Crippen LogP contribution in [0.25, 0.3) is 11.1 Å². The number of hydrogen-bond acceptors (Lipinski definition) is 3. The average Bonchev–Trinajstić information content (AvgIpc) is 2.67. The minimum Gasteiger partial charge on any atom is -0.428 e. The van der Waals surface area contributed by atoms with E-state index in [0.717, 1.165) is 16.7 Å². The average molecular weight is 398 g/mol. The van der Waals surface area contributed by atoms with Crippen LogP contribution in [0.2, 0.25) is 5.02 Å². The number of halogens is 2. The highest BCUT2D eigenvalue weighted by Gasteiger charge is 2.17. The second-order valence-electron chi connectivity index (χ2n) is 6.28. The molecular formula is C22H17ClFNO3. The maximum Gasteiger partial charge on any atom is 0.298 e. The predicted molar refractivity (Wildman–Crippen MR) is 107 cm³/mol. The van der Waals surface area contributed by atoms with Gasteiger partial charge in [-0.05, 0) is 60.4 Å². The second kappa shape index (κ2) is 8.23. The second-order valence-corrected chi connectivity index (χ2v) is 6.69. The Kier molecular flexibility index (Phi) is 5.76. The van der Waals surface area contributed by atoms with Gasteiger partial charge in [0, 0.05) is 0 Å². The van der Waals surface area contributed by atoms with Gasteiger partial charge in [0.15, 0.2) is 0 Å². The molecular weight excluding hydrogens is 381 g/mol. The largest absolute Gasteiger partial charge is 0.428 e. The van der Waals surface area contributed by atoms with Crippen LogP contribution >= 0.6 is 11.6 Å². The van der Waals surface area contributed by atoms with Crippen LogP contribution in [0.1, 0.15) is 21.5 Å². The van der Waals surface area contributed by atoms with Crippen molar-refractivity contribution in [2.24, 2.45) is 0 Å². The molecule has 0 radical (unpaired) electrons. The van der Waals surface area contributed by atoms with E-state index in [1.807, 2.05) is 32.0 Å². The summed E-state index contributed by atoms with van der Waals surface area (Å²) in [6.07, 6.45) is 0. The summed E-state index contributed by atoms with van der Waals surface area (Å²) in [4.78, 5) is 23.1. The minimum absolute atomic E-state index is 0.0652. The molecule has 0 fully saturated rings. The molecule has 0 atom stereocenters. The molecule has 0 aliphatic rings. The summed E-state index contributed by atoms with van der Waals surface area (Å²) >= 11 is 6.25. The summed E-state index contributed by atoms with van der Waals surface area (Å²) in [5, 5.41) is 2.52. The third-order valence-electron chi connectivity index (χ3n) is 4.43. The number of ether oxygens (including phenoxy) is 1. The number of carbonyl (C=O) groups is 2. The van der Waals surface area contributed by atoms with Crippen molar-refractivity contribution in [3.63, 3.8) is 0 Å². The number of carbonyl (C=O) groups excluding carboxylic acids is 2. The molecule has 1 amide bonds. The highest BCUT2D eigenvalue weighted by Crippen LogP contribution is 2.33. The SMILES string of the molecule is Cc1ccc(-c2cc(F)c(NC(=O)c3ccccc3OC=O)c(Cl)c2)cc1C. The van der Waals surface area contributed by atoms with E-state index in [-0.39, 0.29) is 28.5 Å². The monoisotopic (exact) mass is 397 g/mol. The summed E-state index contributed by atoms with van der Waals surface area (Å²) in [7, 11) is 0. The van der Waals surface area contributed by atoms with Gasteiger partial charge in [-0.2, -0.15) is 0 Å². The summed E-state index contributed by atoms with van der Waals surface area (Å²) in [5.41, 5.74) is 3.59. The topological polar surface area (TPSA) is 55.4 Å². The van der Waals surface area contributed by atoms with Gasteiger partial charge in [-0.3, -0.25) is 9.59 Å². The van der Waals surface area contributed by atoms with Crippen molar-refractivity contribution in [3.05, 3.63) is 82.1 Å². The third-order valence-corrected chi connectivity index (χ3v) is 4.73. The predicted octanol–water partition coefficient (Wildman–Crippen LogP) is 5.55. The molecule has 0 spiro atoms. The van der Waals surface area contributed by atoms with Gasteiger partial charge in [0.05, 0.1) is 16.3 Å². The fourth-order valence-electron chi connectivity index (χ4n) is 2.77. The molecule has 4 nitrogen and oxygen atoms in total. The Morgan fingerprint density at radius 3 is 2.46 bits per heavy atom. The smallest absolute Gasteiger partial charge is 0.298 e. The number of rotatable bonds is 5. The highest BCUT2D eigenvalue weighted by molar-refractivity contribution is 6.34. The molecule has 1 N–H and O–H groups in total. The summed E-state index contributed by atoms with van der Waals surface area (Å²) in [6.45, 7) is 4.19. The van der Waals surface area contributed by atoms with E-state index in [1.54, 1.807) is 18.2 Å². The number of hydrogen-bond donors (Lipinski definition) is 1. The molecule has 28 heavy (non-hydrogen) atoms. The molecule has 0 aliphatic carbocycles. The van der Waals surface area contributed by atoms with Gasteiger partial charge in [0.25, 0.3) is 12.4 Å². The molecule has 0 unspecified atom stereocenters. The van der Waals surface area contributed by atoms with Crippen molar-refractivity contribution in [1.82, 2.24) is 0 Å². The van der Waals surface area contributed by atoms with E-state index in [0.29, 0.717) is 5.56 Å². The normalized spacial score (nSPS) is 10.4. The molecule has 0 saturated carbocycles. The van der Waals surface area contributed by atoms with Gasteiger partial charge in [-0.25, -0.2) is 4.39 Å². The molecule has 6 heteroatoms. The van der Waals surface area contributed by atoms with Crippen molar-refractivity contribution in [3.8, 4) is 16.9 Å². The fraction of sp³-hybridized carbons (Fsp3) is 0.0909. The lowest BCUT2D eigenvalue weighted by molar-refractivity contribution is -0.120. The van der Waals surface area contributed by atoms with Gasteiger partial charge in [-0.1, -0.05) is 41.9 Å². The van der Waals surface area contributed by atoms with Gasteiger partial charge in [0.2, 0.25) is 0 Å².